The number of halogens is 3. The highest BCUT2D eigenvalue weighted by Crippen LogP contribution is 2.45. The van der Waals surface area contributed by atoms with Crippen LogP contribution in [0, 0.1) is 11.8 Å². The fraction of sp³-hybridized carbons (Fsp3) is 0.818. The number of rotatable bonds is 5. The summed E-state index contributed by atoms with van der Waals surface area (Å²) in [4.78, 5) is 26.5. The number of piperidine rings is 1. The van der Waals surface area contributed by atoms with E-state index in [1.54, 1.807) is 0 Å². The minimum Gasteiger partial charge on any atom is -0.475 e. The van der Waals surface area contributed by atoms with Crippen molar-refractivity contribution in [2.45, 2.75) is 69.1 Å². The highest BCUT2D eigenvalue weighted by Gasteiger charge is 2.49. The molecule has 4 rings (SSSR count). The molecule has 0 aromatic rings. The number of alkyl halides is 3. The van der Waals surface area contributed by atoms with E-state index in [1.807, 2.05) is 7.11 Å². The zero-order chi connectivity index (χ0) is 22.6. The van der Waals surface area contributed by atoms with Crippen molar-refractivity contribution >= 4 is 11.9 Å². The van der Waals surface area contributed by atoms with Crippen LogP contribution in [0.15, 0.2) is 12.2 Å². The van der Waals surface area contributed by atoms with Crippen LogP contribution in [0.25, 0.3) is 0 Å². The number of likely N-dealkylation sites (tertiary alicyclic amines) is 2. The molecule has 1 amide bonds. The molecule has 0 bridgehead atoms. The summed E-state index contributed by atoms with van der Waals surface area (Å²) in [6, 6.07) is 0.594. The smallest absolute Gasteiger partial charge is 0.475 e. The van der Waals surface area contributed by atoms with Gasteiger partial charge in [0, 0.05) is 44.2 Å². The molecule has 2 aliphatic heterocycles. The number of ether oxygens (including phenoxy) is 1. The van der Waals surface area contributed by atoms with E-state index in [1.165, 1.54) is 32.2 Å². The van der Waals surface area contributed by atoms with Crippen LogP contribution >= 0.6 is 0 Å². The van der Waals surface area contributed by atoms with E-state index in [0.29, 0.717) is 17.5 Å². The van der Waals surface area contributed by atoms with Crippen LogP contribution in [0.4, 0.5) is 13.2 Å². The minimum absolute atomic E-state index is 0.228. The van der Waals surface area contributed by atoms with Crippen molar-refractivity contribution in [3.05, 3.63) is 12.2 Å². The van der Waals surface area contributed by atoms with Gasteiger partial charge in [0.2, 0.25) is 5.91 Å². The molecule has 3 fully saturated rings. The Hall–Kier alpha value is -1.61. The van der Waals surface area contributed by atoms with E-state index in [4.69, 9.17) is 14.6 Å². The molecule has 4 aliphatic rings. The van der Waals surface area contributed by atoms with Crippen LogP contribution < -0.4 is 0 Å². The Bertz CT molecular complexity index is 662. The number of allylic oxidation sites excluding steroid dienone is 2. The van der Waals surface area contributed by atoms with E-state index < -0.39 is 12.1 Å². The van der Waals surface area contributed by atoms with Gasteiger partial charge in [-0.2, -0.15) is 13.2 Å². The summed E-state index contributed by atoms with van der Waals surface area (Å²) >= 11 is 0. The fourth-order valence-electron chi connectivity index (χ4n) is 5.17. The number of hydrogen-bond donors (Lipinski definition) is 1. The van der Waals surface area contributed by atoms with Crippen molar-refractivity contribution in [1.82, 2.24) is 9.80 Å². The second-order valence-corrected chi connectivity index (χ2v) is 9.24. The normalized spacial score (nSPS) is 26.2. The topological polar surface area (TPSA) is 70.1 Å². The number of carboxylic acid groups (broad SMARTS) is 1. The first-order valence-electron chi connectivity index (χ1n) is 11.2. The second-order valence-electron chi connectivity index (χ2n) is 9.24. The lowest BCUT2D eigenvalue weighted by Gasteiger charge is -2.47. The maximum absolute atomic E-state index is 12.7. The van der Waals surface area contributed by atoms with Crippen LogP contribution in [-0.2, 0) is 14.3 Å². The zero-order valence-electron chi connectivity index (χ0n) is 18.1. The molecule has 31 heavy (non-hydrogen) atoms. The molecular weight excluding hydrogens is 413 g/mol. The molecular formula is C22H33F3N2O4. The zero-order valence-corrected chi connectivity index (χ0v) is 18.1. The molecule has 2 saturated heterocycles. The molecule has 9 heteroatoms. The monoisotopic (exact) mass is 446 g/mol. The predicted octanol–water partition coefficient (Wildman–Crippen LogP) is 3.47. The van der Waals surface area contributed by atoms with Gasteiger partial charge in [-0.25, -0.2) is 4.79 Å². The van der Waals surface area contributed by atoms with Gasteiger partial charge in [0.1, 0.15) is 0 Å². The van der Waals surface area contributed by atoms with Crippen molar-refractivity contribution in [2.75, 3.05) is 33.4 Å². The van der Waals surface area contributed by atoms with Crippen molar-refractivity contribution < 1.29 is 32.6 Å². The minimum atomic E-state index is -5.08. The first-order valence-corrected chi connectivity index (χ1v) is 11.2. The van der Waals surface area contributed by atoms with Crippen molar-refractivity contribution in [3.8, 4) is 0 Å². The van der Waals surface area contributed by atoms with E-state index in [-0.39, 0.29) is 5.92 Å². The third-order valence-electron chi connectivity index (χ3n) is 7.11. The summed E-state index contributed by atoms with van der Waals surface area (Å²) in [6.07, 6.45) is 8.83. The van der Waals surface area contributed by atoms with Gasteiger partial charge in [-0.3, -0.25) is 9.69 Å². The number of carboxylic acids is 1. The quantitative estimate of drug-likeness (QED) is 0.655. The van der Waals surface area contributed by atoms with Gasteiger partial charge in [0.05, 0.1) is 6.61 Å². The molecule has 1 atom stereocenters. The van der Waals surface area contributed by atoms with E-state index in [0.717, 1.165) is 51.3 Å². The average molecular weight is 447 g/mol. The lowest BCUT2D eigenvalue weighted by Crippen LogP contribution is -2.56. The summed E-state index contributed by atoms with van der Waals surface area (Å²) in [5, 5.41) is 7.12. The highest BCUT2D eigenvalue weighted by molar-refractivity contribution is 5.79. The van der Waals surface area contributed by atoms with Gasteiger partial charge >= 0.3 is 12.1 Å². The fourth-order valence-corrected chi connectivity index (χ4v) is 5.17. The maximum Gasteiger partial charge on any atom is 0.490 e. The van der Waals surface area contributed by atoms with Crippen molar-refractivity contribution in [2.24, 2.45) is 11.8 Å². The summed E-state index contributed by atoms with van der Waals surface area (Å²) in [5.74, 6) is -1.21. The number of carbonyl (C=O) groups is 2. The molecule has 1 N–H and O–H groups in total. The molecule has 0 radical (unpaired) electrons. The van der Waals surface area contributed by atoms with Crippen LogP contribution in [0.5, 0.6) is 0 Å². The van der Waals surface area contributed by atoms with E-state index >= 15 is 0 Å². The van der Waals surface area contributed by atoms with Gasteiger partial charge in [0.25, 0.3) is 0 Å². The maximum atomic E-state index is 12.7. The van der Waals surface area contributed by atoms with Crippen LogP contribution in [0.1, 0.15) is 51.4 Å². The molecule has 0 aromatic heterocycles. The van der Waals surface area contributed by atoms with Crippen LogP contribution in [-0.4, -0.2) is 77.9 Å². The third-order valence-corrected chi connectivity index (χ3v) is 7.11. The van der Waals surface area contributed by atoms with Gasteiger partial charge in [-0.05, 0) is 57.3 Å². The van der Waals surface area contributed by atoms with E-state index in [9.17, 15) is 18.0 Å². The second kappa shape index (κ2) is 9.90. The molecule has 2 heterocycles. The average Bonchev–Trinajstić information content (AvgIpc) is 3.27. The Morgan fingerprint density at radius 1 is 1.10 bits per heavy atom. The van der Waals surface area contributed by atoms with Crippen LogP contribution in [0.2, 0.25) is 0 Å². The Labute approximate surface area is 181 Å². The molecule has 0 aromatic carbocycles. The lowest BCUT2D eigenvalue weighted by atomic mass is 9.84. The molecule has 1 unspecified atom stereocenters. The summed E-state index contributed by atoms with van der Waals surface area (Å²) in [7, 11) is 1.83. The molecule has 176 valence electrons. The van der Waals surface area contributed by atoms with Crippen molar-refractivity contribution in [1.29, 1.82) is 0 Å². The van der Waals surface area contributed by atoms with Crippen molar-refractivity contribution in [3.63, 3.8) is 0 Å². The van der Waals surface area contributed by atoms with E-state index in [2.05, 4.69) is 22.0 Å². The van der Waals surface area contributed by atoms with Gasteiger partial charge in [-0.1, -0.05) is 12.2 Å². The SMILES string of the molecule is COCC1CCC2(CCN(C(=O)C3CC=CC3)CC2)N1CC1CC1.O=C(O)C(F)(F)F. The predicted molar refractivity (Wildman–Crippen MR) is 108 cm³/mol. The molecule has 1 saturated carbocycles. The Balaban J connectivity index is 0.000000339. The Morgan fingerprint density at radius 2 is 1.68 bits per heavy atom. The third kappa shape index (κ3) is 6.00. The first-order chi connectivity index (χ1) is 14.7. The number of aliphatic carboxylic acids is 1. The summed E-state index contributed by atoms with van der Waals surface area (Å²) < 4.78 is 37.2. The summed E-state index contributed by atoms with van der Waals surface area (Å²) in [6.45, 7) is 4.03. The number of methoxy groups -OCH3 is 1. The number of nitrogens with zero attached hydrogens (tertiary/aromatic N) is 2. The Morgan fingerprint density at radius 3 is 2.16 bits per heavy atom. The number of hydrogen-bond acceptors (Lipinski definition) is 4. The van der Waals surface area contributed by atoms with Crippen LogP contribution in [0.3, 0.4) is 0 Å². The first kappa shape index (κ1) is 24.0. The van der Waals surface area contributed by atoms with Gasteiger partial charge < -0.3 is 14.7 Å². The highest BCUT2D eigenvalue weighted by atomic mass is 19.4. The van der Waals surface area contributed by atoms with Gasteiger partial charge in [-0.15, -0.1) is 0 Å². The lowest BCUT2D eigenvalue weighted by molar-refractivity contribution is -0.192. The summed E-state index contributed by atoms with van der Waals surface area (Å²) in [5.41, 5.74) is 0.344. The number of carbonyl (C=O) groups excluding carboxylic acids is 1. The number of amides is 1. The molecule has 6 nitrogen and oxygen atoms in total. The Kier molecular flexibility index (Phi) is 7.68. The standard InChI is InChI=1S/C20H32N2O2.C2HF3O2/c1-24-15-18-8-9-20(22(18)14-16-6-7-16)10-12-21(13-11-20)19(23)17-4-2-3-5-17;3-2(4,5)1(6)7/h2-3,16-18H,4-15H2,1H3;(H,6,7). The van der Waals surface area contributed by atoms with Gasteiger partial charge in [0.15, 0.2) is 0 Å². The molecule has 2 aliphatic carbocycles. The largest absolute Gasteiger partial charge is 0.490 e. The molecule has 1 spiro atoms.